The van der Waals surface area contributed by atoms with E-state index in [0.717, 1.165) is 0 Å². The molecule has 150 valence electrons. The van der Waals surface area contributed by atoms with Crippen molar-refractivity contribution in [2.75, 3.05) is 10.6 Å². The Morgan fingerprint density at radius 1 is 1.03 bits per heavy atom. The Bertz CT molecular complexity index is 1030. The Morgan fingerprint density at radius 2 is 1.66 bits per heavy atom. The largest absolute Gasteiger partial charge is 0.326 e. The fraction of sp³-hybridized carbons (Fsp3) is 0.227. The SMILES string of the molecule is Cc1c(C(=O)Nc2ccc(NC(=O)CC(C)C)cc2)cnn1-c1ccccc1F. The highest BCUT2D eigenvalue weighted by molar-refractivity contribution is 6.05. The van der Waals surface area contributed by atoms with E-state index in [0.29, 0.717) is 29.1 Å². The van der Waals surface area contributed by atoms with Crippen molar-refractivity contribution < 1.29 is 14.0 Å². The Balaban J connectivity index is 1.70. The zero-order valence-electron chi connectivity index (χ0n) is 16.6. The minimum absolute atomic E-state index is 0.0482. The number of amides is 2. The van der Waals surface area contributed by atoms with E-state index in [1.807, 2.05) is 13.8 Å². The average molecular weight is 394 g/mol. The number of nitrogens with zero attached hydrogens (tertiary/aromatic N) is 2. The van der Waals surface area contributed by atoms with Gasteiger partial charge in [0.2, 0.25) is 5.91 Å². The summed E-state index contributed by atoms with van der Waals surface area (Å²) in [6, 6.07) is 13.1. The van der Waals surface area contributed by atoms with E-state index in [2.05, 4.69) is 15.7 Å². The van der Waals surface area contributed by atoms with Gasteiger partial charge < -0.3 is 10.6 Å². The van der Waals surface area contributed by atoms with Crippen molar-refractivity contribution in [2.24, 2.45) is 5.92 Å². The van der Waals surface area contributed by atoms with Crippen LogP contribution in [0, 0.1) is 18.7 Å². The average Bonchev–Trinajstić information content (AvgIpc) is 3.04. The Kier molecular flexibility index (Phi) is 6.07. The van der Waals surface area contributed by atoms with Gasteiger partial charge in [0.25, 0.3) is 5.91 Å². The maximum Gasteiger partial charge on any atom is 0.259 e. The molecule has 2 amide bonds. The molecule has 3 aromatic rings. The van der Waals surface area contributed by atoms with E-state index >= 15 is 0 Å². The molecular weight excluding hydrogens is 371 g/mol. The zero-order chi connectivity index (χ0) is 21.0. The third kappa shape index (κ3) is 4.87. The van der Waals surface area contributed by atoms with Gasteiger partial charge in [-0.3, -0.25) is 9.59 Å². The molecule has 3 rings (SSSR count). The van der Waals surface area contributed by atoms with Crippen molar-refractivity contribution >= 4 is 23.2 Å². The van der Waals surface area contributed by atoms with Crippen LogP contribution in [0.1, 0.15) is 36.3 Å². The third-order valence-electron chi connectivity index (χ3n) is 4.36. The summed E-state index contributed by atoms with van der Waals surface area (Å²) in [6.07, 6.45) is 1.86. The van der Waals surface area contributed by atoms with Crippen molar-refractivity contribution in [2.45, 2.75) is 27.2 Å². The lowest BCUT2D eigenvalue weighted by Crippen LogP contribution is -2.15. The standard InChI is InChI=1S/C22H23FN4O2/c1-14(2)12-21(28)25-16-8-10-17(11-9-16)26-22(29)18-13-24-27(15(18)3)20-7-5-4-6-19(20)23/h4-11,13-14H,12H2,1-3H3,(H,25,28)(H,26,29). The summed E-state index contributed by atoms with van der Waals surface area (Å²) in [7, 11) is 0. The summed E-state index contributed by atoms with van der Waals surface area (Å²) in [5, 5.41) is 9.76. The first-order valence-electron chi connectivity index (χ1n) is 9.36. The maximum absolute atomic E-state index is 14.0. The van der Waals surface area contributed by atoms with Gasteiger partial charge in [0.05, 0.1) is 17.5 Å². The van der Waals surface area contributed by atoms with Gasteiger partial charge in [0.1, 0.15) is 11.5 Å². The molecule has 0 spiro atoms. The second-order valence-electron chi connectivity index (χ2n) is 7.18. The highest BCUT2D eigenvalue weighted by atomic mass is 19.1. The van der Waals surface area contributed by atoms with Crippen molar-refractivity contribution in [3.05, 3.63) is 71.8 Å². The van der Waals surface area contributed by atoms with Crippen LogP contribution in [0.15, 0.2) is 54.7 Å². The van der Waals surface area contributed by atoms with Gasteiger partial charge in [-0.25, -0.2) is 9.07 Å². The molecule has 0 radical (unpaired) electrons. The highest BCUT2D eigenvalue weighted by Gasteiger charge is 2.17. The van der Waals surface area contributed by atoms with Crippen molar-refractivity contribution in [1.29, 1.82) is 0 Å². The number of hydrogen-bond acceptors (Lipinski definition) is 3. The van der Waals surface area contributed by atoms with Gasteiger partial charge >= 0.3 is 0 Å². The smallest absolute Gasteiger partial charge is 0.259 e. The van der Waals surface area contributed by atoms with E-state index in [1.165, 1.54) is 16.9 Å². The normalized spacial score (nSPS) is 10.8. The van der Waals surface area contributed by atoms with Gasteiger partial charge in [-0.1, -0.05) is 26.0 Å². The summed E-state index contributed by atoms with van der Waals surface area (Å²) >= 11 is 0. The van der Waals surface area contributed by atoms with E-state index in [-0.39, 0.29) is 23.4 Å². The van der Waals surface area contributed by atoms with E-state index in [1.54, 1.807) is 49.4 Å². The zero-order valence-corrected chi connectivity index (χ0v) is 16.6. The summed E-state index contributed by atoms with van der Waals surface area (Å²) in [6.45, 7) is 5.67. The molecule has 29 heavy (non-hydrogen) atoms. The number of nitrogens with one attached hydrogen (secondary N) is 2. The number of para-hydroxylation sites is 1. The molecule has 1 heterocycles. The predicted octanol–water partition coefficient (Wildman–Crippen LogP) is 4.56. The molecule has 0 unspecified atom stereocenters. The topological polar surface area (TPSA) is 76.0 Å². The lowest BCUT2D eigenvalue weighted by atomic mass is 10.1. The number of aromatic nitrogens is 2. The molecule has 0 aliphatic rings. The Labute approximate surface area is 168 Å². The lowest BCUT2D eigenvalue weighted by molar-refractivity contribution is -0.116. The minimum atomic E-state index is -0.416. The monoisotopic (exact) mass is 394 g/mol. The first-order chi connectivity index (χ1) is 13.8. The molecule has 0 saturated carbocycles. The molecule has 0 aliphatic heterocycles. The molecule has 6 nitrogen and oxygen atoms in total. The van der Waals surface area contributed by atoms with Gasteiger partial charge in [-0.05, 0) is 49.2 Å². The Hall–Kier alpha value is -3.48. The molecule has 2 aromatic carbocycles. The van der Waals surface area contributed by atoms with Crippen LogP contribution in [0.2, 0.25) is 0 Å². The number of hydrogen-bond donors (Lipinski definition) is 2. The molecule has 1 aromatic heterocycles. The van der Waals surface area contributed by atoms with Gasteiger partial charge in [0.15, 0.2) is 0 Å². The molecule has 0 bridgehead atoms. The van der Waals surface area contributed by atoms with Crippen LogP contribution in [-0.4, -0.2) is 21.6 Å². The van der Waals surface area contributed by atoms with Gasteiger partial charge in [-0.15, -0.1) is 0 Å². The van der Waals surface area contributed by atoms with E-state index < -0.39 is 5.82 Å². The first kappa shape index (κ1) is 20.3. The minimum Gasteiger partial charge on any atom is -0.326 e. The summed E-state index contributed by atoms with van der Waals surface area (Å²) in [4.78, 5) is 24.5. The first-order valence-corrected chi connectivity index (χ1v) is 9.36. The van der Waals surface area contributed by atoms with Crippen LogP contribution in [0.4, 0.5) is 15.8 Å². The van der Waals surface area contributed by atoms with Crippen molar-refractivity contribution in [1.82, 2.24) is 9.78 Å². The third-order valence-corrected chi connectivity index (χ3v) is 4.36. The quantitative estimate of drug-likeness (QED) is 0.644. The number of benzene rings is 2. The van der Waals surface area contributed by atoms with Crippen LogP contribution >= 0.6 is 0 Å². The Morgan fingerprint density at radius 3 is 2.28 bits per heavy atom. The second kappa shape index (κ2) is 8.68. The number of carbonyl (C=O) groups excluding carboxylic acids is 2. The van der Waals surface area contributed by atoms with E-state index in [4.69, 9.17) is 0 Å². The maximum atomic E-state index is 14.0. The van der Waals surface area contributed by atoms with Crippen molar-refractivity contribution in [3.8, 4) is 5.69 Å². The number of anilines is 2. The summed E-state index contributed by atoms with van der Waals surface area (Å²) in [5.74, 6) is -0.530. The number of halogens is 1. The van der Waals surface area contributed by atoms with Crippen LogP contribution in [0.25, 0.3) is 5.69 Å². The molecular formula is C22H23FN4O2. The molecule has 0 saturated heterocycles. The number of rotatable bonds is 6. The number of carbonyl (C=O) groups is 2. The molecule has 2 N–H and O–H groups in total. The highest BCUT2D eigenvalue weighted by Crippen LogP contribution is 2.19. The van der Waals surface area contributed by atoms with Gasteiger partial charge in [0, 0.05) is 17.8 Å². The van der Waals surface area contributed by atoms with Gasteiger partial charge in [-0.2, -0.15) is 5.10 Å². The fourth-order valence-electron chi connectivity index (χ4n) is 2.92. The molecule has 0 atom stereocenters. The van der Waals surface area contributed by atoms with Crippen molar-refractivity contribution in [3.63, 3.8) is 0 Å². The van der Waals surface area contributed by atoms with Crippen LogP contribution in [0.3, 0.4) is 0 Å². The molecule has 0 aliphatic carbocycles. The lowest BCUT2D eigenvalue weighted by Gasteiger charge is -2.09. The fourth-order valence-corrected chi connectivity index (χ4v) is 2.92. The van der Waals surface area contributed by atoms with Crippen LogP contribution in [0.5, 0.6) is 0 Å². The summed E-state index contributed by atoms with van der Waals surface area (Å²) in [5.41, 5.74) is 2.41. The van der Waals surface area contributed by atoms with E-state index in [9.17, 15) is 14.0 Å². The van der Waals surface area contributed by atoms with Crippen LogP contribution < -0.4 is 10.6 Å². The van der Waals surface area contributed by atoms with Crippen LogP contribution in [-0.2, 0) is 4.79 Å². The summed E-state index contributed by atoms with van der Waals surface area (Å²) < 4.78 is 15.4. The molecule has 7 heteroatoms. The second-order valence-corrected chi connectivity index (χ2v) is 7.18. The predicted molar refractivity (Wildman–Crippen MR) is 111 cm³/mol. The molecule has 0 fully saturated rings.